The zero-order valence-electron chi connectivity index (χ0n) is 5.00. The third-order valence-corrected chi connectivity index (χ3v) is 0.866. The van der Waals surface area contributed by atoms with Crippen molar-refractivity contribution in [2.24, 2.45) is 5.92 Å². The van der Waals surface area contributed by atoms with Crippen molar-refractivity contribution in [2.45, 2.75) is 24.9 Å². The highest BCUT2D eigenvalue weighted by atomic mass is 79.9. The van der Waals surface area contributed by atoms with Crippen molar-refractivity contribution in [3.05, 3.63) is 0 Å². The average molecular weight is 205 g/mol. The number of halogens is 4. The molecule has 0 aromatic heterocycles. The number of alkyl halides is 4. The summed E-state index contributed by atoms with van der Waals surface area (Å²) in [4.78, 5) is 0. The highest BCUT2D eigenvalue weighted by Gasteiger charge is 2.19. The molecule has 1 fully saturated rings. The van der Waals surface area contributed by atoms with E-state index in [-0.39, 0.29) is 0 Å². The van der Waals surface area contributed by atoms with E-state index in [0.29, 0.717) is 0 Å². The normalized spacial score (nSPS) is 18.3. The third kappa shape index (κ3) is 30.4. The van der Waals surface area contributed by atoms with Crippen LogP contribution in [-0.2, 0) is 0 Å². The first kappa shape index (κ1) is 9.27. The molecule has 0 nitrogen and oxygen atoms in total. The van der Waals surface area contributed by atoms with Gasteiger partial charge < -0.3 is 0 Å². The van der Waals surface area contributed by atoms with Gasteiger partial charge in [0.25, 0.3) is 0 Å². The van der Waals surface area contributed by atoms with Crippen LogP contribution in [0, 0.1) is 5.92 Å². The van der Waals surface area contributed by atoms with E-state index in [2.05, 4.69) is 6.92 Å². The van der Waals surface area contributed by atoms with Gasteiger partial charge in [0.05, 0.1) is 0 Å². The Morgan fingerprint density at radius 1 is 1.33 bits per heavy atom. The Kier molecular flexibility index (Phi) is 3.54. The molecule has 0 aromatic carbocycles. The molecule has 1 saturated carbocycles. The first-order valence-corrected chi connectivity index (χ1v) is 3.44. The molecule has 0 unspecified atom stereocenters. The smallest absolute Gasteiger partial charge is 0.160 e. The Morgan fingerprint density at radius 2 is 1.44 bits per heavy atom. The number of hydrogen-bond donors (Lipinski definition) is 0. The van der Waals surface area contributed by atoms with E-state index >= 15 is 0 Å². The summed E-state index contributed by atoms with van der Waals surface area (Å²) in [6, 6.07) is 0. The van der Waals surface area contributed by atoms with Gasteiger partial charge in [0.1, 0.15) is 0 Å². The molecule has 1 aliphatic carbocycles. The fourth-order valence-corrected chi connectivity index (χ4v) is 0.167. The van der Waals surface area contributed by atoms with Crippen molar-refractivity contribution in [2.75, 3.05) is 0 Å². The van der Waals surface area contributed by atoms with Crippen molar-refractivity contribution >= 4 is 15.9 Å². The second-order valence-electron chi connectivity index (χ2n) is 2.11. The summed E-state index contributed by atoms with van der Waals surface area (Å²) >= 11 is 1.38. The molecule has 0 N–H and O–H groups in total. The van der Waals surface area contributed by atoms with Crippen LogP contribution in [0.5, 0.6) is 0 Å². The lowest BCUT2D eigenvalue weighted by molar-refractivity contribution is -0.0245. The molecule has 9 heavy (non-hydrogen) atoms. The summed E-state index contributed by atoms with van der Waals surface area (Å²) in [7, 11) is 0. The quantitative estimate of drug-likeness (QED) is 0.532. The third-order valence-electron chi connectivity index (χ3n) is 0.866. The van der Waals surface area contributed by atoms with E-state index in [1.54, 1.807) is 0 Å². The molecule has 0 aliphatic heterocycles. The van der Waals surface area contributed by atoms with E-state index in [0.717, 1.165) is 5.92 Å². The lowest BCUT2D eigenvalue weighted by atomic mass is 10.5. The maximum absolute atomic E-state index is 10.3. The van der Waals surface area contributed by atoms with Gasteiger partial charge >= 0.3 is 5.09 Å². The van der Waals surface area contributed by atoms with Crippen LogP contribution >= 0.6 is 15.9 Å². The number of hydrogen-bond acceptors (Lipinski definition) is 0. The van der Waals surface area contributed by atoms with Gasteiger partial charge in [-0.05, 0) is 5.92 Å². The SMILES string of the molecule is CC1CC1.FC(F)(F)Br. The van der Waals surface area contributed by atoms with E-state index in [1.807, 2.05) is 0 Å². The summed E-state index contributed by atoms with van der Waals surface area (Å²) in [5.41, 5.74) is 0. The molecule has 0 spiro atoms. The molecule has 1 rings (SSSR count). The Bertz CT molecular complexity index is 68.8. The Morgan fingerprint density at radius 3 is 1.44 bits per heavy atom. The predicted molar refractivity (Wildman–Crippen MR) is 33.4 cm³/mol. The van der Waals surface area contributed by atoms with Gasteiger partial charge in [0.2, 0.25) is 0 Å². The minimum Gasteiger partial charge on any atom is -0.160 e. The van der Waals surface area contributed by atoms with Crippen molar-refractivity contribution in [3.8, 4) is 0 Å². The second kappa shape index (κ2) is 3.44. The maximum Gasteiger partial charge on any atom is 0.448 e. The van der Waals surface area contributed by atoms with Crippen LogP contribution in [0.1, 0.15) is 19.8 Å². The summed E-state index contributed by atoms with van der Waals surface area (Å²) in [6.07, 6.45) is 2.97. The lowest BCUT2D eigenvalue weighted by Gasteiger charge is -1.85. The first-order chi connectivity index (χ1) is 3.89. The van der Waals surface area contributed by atoms with Crippen LogP contribution in [0.3, 0.4) is 0 Å². The summed E-state index contributed by atoms with van der Waals surface area (Å²) in [5, 5.41) is -4.19. The van der Waals surface area contributed by atoms with Crippen molar-refractivity contribution < 1.29 is 13.2 Å². The Balaban J connectivity index is 0.000000144. The van der Waals surface area contributed by atoms with Crippen LogP contribution in [0.25, 0.3) is 0 Å². The summed E-state index contributed by atoms with van der Waals surface area (Å²) < 4.78 is 30.8. The van der Waals surface area contributed by atoms with Gasteiger partial charge in [-0.1, -0.05) is 19.8 Å². The maximum atomic E-state index is 10.3. The van der Waals surface area contributed by atoms with E-state index in [4.69, 9.17) is 0 Å². The Hall–Kier alpha value is 0.270. The first-order valence-electron chi connectivity index (χ1n) is 2.65. The molecule has 1 aliphatic rings. The topological polar surface area (TPSA) is 0 Å². The van der Waals surface area contributed by atoms with Crippen LogP contribution < -0.4 is 0 Å². The van der Waals surface area contributed by atoms with Gasteiger partial charge in [-0.15, -0.1) is 0 Å². The van der Waals surface area contributed by atoms with Gasteiger partial charge in [0, 0.05) is 15.9 Å². The predicted octanol–water partition coefficient (Wildman–Crippen LogP) is 3.32. The molecular weight excluding hydrogens is 197 g/mol. The molecule has 0 bridgehead atoms. The zero-order chi connectivity index (χ0) is 7.49. The standard InChI is InChI=1S/C4H8.CBrF3/c1-4-2-3-4;2-1(3,4)5/h4H,2-3H2,1H3;. The minimum absolute atomic E-state index is 1.08. The molecule has 0 heterocycles. The van der Waals surface area contributed by atoms with Gasteiger partial charge in [0.15, 0.2) is 0 Å². The van der Waals surface area contributed by atoms with Gasteiger partial charge in [-0.2, -0.15) is 13.2 Å². The van der Waals surface area contributed by atoms with Crippen molar-refractivity contribution in [1.29, 1.82) is 0 Å². The van der Waals surface area contributed by atoms with Gasteiger partial charge in [-0.25, -0.2) is 0 Å². The number of rotatable bonds is 0. The second-order valence-corrected chi connectivity index (χ2v) is 3.01. The highest BCUT2D eigenvalue weighted by molar-refractivity contribution is 9.09. The van der Waals surface area contributed by atoms with Crippen LogP contribution in [0.4, 0.5) is 13.2 Å². The molecule has 0 saturated heterocycles. The molecule has 0 aromatic rings. The van der Waals surface area contributed by atoms with Crippen LogP contribution in [0.15, 0.2) is 0 Å². The van der Waals surface area contributed by atoms with Crippen molar-refractivity contribution in [1.82, 2.24) is 0 Å². The van der Waals surface area contributed by atoms with E-state index in [9.17, 15) is 13.2 Å². The fourth-order valence-electron chi connectivity index (χ4n) is 0.167. The zero-order valence-corrected chi connectivity index (χ0v) is 6.59. The summed E-state index contributed by atoms with van der Waals surface area (Å²) in [6.45, 7) is 2.28. The van der Waals surface area contributed by atoms with Gasteiger partial charge in [-0.3, -0.25) is 0 Å². The monoisotopic (exact) mass is 204 g/mol. The highest BCUT2D eigenvalue weighted by Crippen LogP contribution is 2.26. The molecule has 0 radical (unpaired) electrons. The largest absolute Gasteiger partial charge is 0.448 e. The fraction of sp³-hybridized carbons (Fsp3) is 1.00. The van der Waals surface area contributed by atoms with Crippen LogP contribution in [0.2, 0.25) is 0 Å². The average Bonchev–Trinajstić information content (AvgIpc) is 2.13. The molecule has 56 valence electrons. The molecule has 0 amide bonds. The molecular formula is C5H8BrF3. The van der Waals surface area contributed by atoms with Crippen LogP contribution in [-0.4, -0.2) is 5.09 Å². The van der Waals surface area contributed by atoms with E-state index < -0.39 is 5.09 Å². The Labute approximate surface area is 60.6 Å². The van der Waals surface area contributed by atoms with E-state index in [1.165, 1.54) is 28.8 Å². The molecule has 0 atom stereocenters. The minimum atomic E-state index is -4.19. The van der Waals surface area contributed by atoms with Crippen molar-refractivity contribution in [3.63, 3.8) is 0 Å². The lowest BCUT2D eigenvalue weighted by Crippen LogP contribution is -1.88. The summed E-state index contributed by atoms with van der Waals surface area (Å²) in [5.74, 6) is 1.08. The molecule has 4 heteroatoms.